The number of fused-ring (bicyclic) bond motifs is 6. The van der Waals surface area contributed by atoms with Gasteiger partial charge in [-0.05, 0) is 161 Å². The van der Waals surface area contributed by atoms with Crippen LogP contribution in [0.25, 0.3) is 78.0 Å². The number of furan rings is 1. The van der Waals surface area contributed by atoms with Crippen molar-refractivity contribution in [2.45, 2.75) is 98.7 Å². The van der Waals surface area contributed by atoms with E-state index >= 15 is 0 Å². The first kappa shape index (κ1) is 55.2. The summed E-state index contributed by atoms with van der Waals surface area (Å²) in [7, 11) is -1.33. The zero-order valence-corrected chi connectivity index (χ0v) is 49.6. The van der Waals surface area contributed by atoms with E-state index < -0.39 is 8.07 Å². The maximum absolute atomic E-state index is 6.61. The molecule has 2 bridgehead atoms. The molecule has 0 saturated heterocycles. The Morgan fingerprint density at radius 1 is 0.506 bits per heavy atom. The van der Waals surface area contributed by atoms with E-state index in [1.807, 2.05) is 30.6 Å². The van der Waals surface area contributed by atoms with E-state index in [2.05, 4.69) is 222 Å². The predicted octanol–water partition coefficient (Wildman–Crippen LogP) is 18.8. The summed E-state index contributed by atoms with van der Waals surface area (Å²) in [6, 6.07) is 64.2. The predicted molar refractivity (Wildman–Crippen MR) is 324 cm³/mol. The van der Waals surface area contributed by atoms with Crippen LogP contribution in [0.3, 0.4) is 0 Å². The summed E-state index contributed by atoms with van der Waals surface area (Å²) >= 11 is 0. The van der Waals surface area contributed by atoms with Gasteiger partial charge in [0.25, 0.3) is 0 Å². The molecule has 0 spiro atoms. The quantitative estimate of drug-likeness (QED) is 0.114. The second-order valence-electron chi connectivity index (χ2n) is 23.4. The molecule has 3 aliphatic rings. The maximum Gasteiger partial charge on any atom is 0.144 e. The van der Waals surface area contributed by atoms with Gasteiger partial charge in [-0.3, -0.25) is 15.0 Å². The summed E-state index contributed by atoms with van der Waals surface area (Å²) in [5.74, 6) is 4.07. The van der Waals surface area contributed by atoms with E-state index in [0.717, 1.165) is 69.8 Å². The Labute approximate surface area is 473 Å². The van der Waals surface area contributed by atoms with Crippen LogP contribution in [0.15, 0.2) is 205 Å². The summed E-state index contributed by atoms with van der Waals surface area (Å²) in [5, 5.41) is 3.81. The fourth-order valence-corrected chi connectivity index (χ4v) is 13.6. The topological polar surface area (TPSA) is 51.8 Å². The molecule has 6 heteroatoms. The Balaban J connectivity index is 0.000000163. The van der Waals surface area contributed by atoms with Crippen LogP contribution in [0, 0.1) is 29.6 Å². The van der Waals surface area contributed by atoms with Crippen LogP contribution in [-0.4, -0.2) is 23.0 Å². The third-order valence-corrected chi connectivity index (χ3v) is 17.7. The number of rotatable bonds is 12. The van der Waals surface area contributed by atoms with Crippen molar-refractivity contribution in [3.63, 3.8) is 0 Å². The van der Waals surface area contributed by atoms with E-state index in [9.17, 15) is 0 Å². The second kappa shape index (κ2) is 25.3. The molecule has 6 aromatic carbocycles. The van der Waals surface area contributed by atoms with Crippen LogP contribution in [0.1, 0.15) is 76.5 Å². The molecule has 1 radical (unpaired) electrons. The van der Waals surface area contributed by atoms with Gasteiger partial charge in [0.2, 0.25) is 0 Å². The minimum absolute atomic E-state index is 0. The van der Waals surface area contributed by atoms with Crippen molar-refractivity contribution in [2.75, 3.05) is 0 Å². The Morgan fingerprint density at radius 3 is 1.70 bits per heavy atom. The molecule has 3 fully saturated rings. The van der Waals surface area contributed by atoms with Crippen molar-refractivity contribution in [3.8, 4) is 56.0 Å². The van der Waals surface area contributed by atoms with Crippen LogP contribution >= 0.6 is 0 Å². The van der Waals surface area contributed by atoms with Gasteiger partial charge in [-0.2, -0.15) is 0 Å². The largest absolute Gasteiger partial charge is 0.455 e. The van der Waals surface area contributed by atoms with Gasteiger partial charge in [0.15, 0.2) is 0 Å². The molecule has 1 atom stereocenters. The second-order valence-corrected chi connectivity index (χ2v) is 28.4. The first-order valence-corrected chi connectivity index (χ1v) is 31.5. The molecule has 1 unspecified atom stereocenters. The Bertz CT molecular complexity index is 3500. The molecular formula is C71H75IrN3OSi. The average molecular weight is 1210 g/mol. The fourth-order valence-electron chi connectivity index (χ4n) is 12.0. The summed E-state index contributed by atoms with van der Waals surface area (Å²) < 4.78 is 6.61. The van der Waals surface area contributed by atoms with Crippen molar-refractivity contribution in [3.05, 3.63) is 217 Å². The molecule has 393 valence electrons. The number of nitrogens with zero attached hydrogens (tertiary/aromatic N) is 3. The normalized spacial score (nSPS) is 15.9. The van der Waals surface area contributed by atoms with Gasteiger partial charge in [-0.15, -0.1) is 0 Å². The average Bonchev–Trinajstić information content (AvgIpc) is 3.84. The summed E-state index contributed by atoms with van der Waals surface area (Å²) in [4.78, 5) is 14.0. The van der Waals surface area contributed by atoms with Gasteiger partial charge >= 0.3 is 0 Å². The molecule has 3 aliphatic carbocycles. The zero-order valence-electron chi connectivity index (χ0n) is 46.2. The first-order chi connectivity index (χ1) is 36.9. The molecule has 3 saturated carbocycles. The number of hydrogen-bond acceptors (Lipinski definition) is 4. The van der Waals surface area contributed by atoms with Crippen molar-refractivity contribution >= 4 is 35.2 Å². The van der Waals surface area contributed by atoms with Crippen molar-refractivity contribution < 1.29 is 24.5 Å². The SMILES string of the molecule is CC(C)Cc1cc(-c2ccccc2)ncc1[Si](C)(C)C.CC(C)Cc1ccnc(-c2ccccc2)c1.[Ir].c1ccc(-c2cccc(-c3cccc4oc5c(-c6cc(CC7CC8CCC7CC8)ccn6)cccc5c34)c2)cc1. The maximum atomic E-state index is 6.61. The van der Waals surface area contributed by atoms with Crippen molar-refractivity contribution in [1.82, 2.24) is 15.0 Å². The summed E-state index contributed by atoms with van der Waals surface area (Å²) in [5.41, 5.74) is 17.6. The molecule has 0 N–H and O–H groups in total. The Kier molecular flexibility index (Phi) is 18.1. The smallest absolute Gasteiger partial charge is 0.144 e. The minimum Gasteiger partial charge on any atom is -0.455 e. The molecule has 13 rings (SSSR count). The first-order valence-electron chi connectivity index (χ1n) is 28.0. The molecular weight excluding hydrogens is 1130 g/mol. The molecule has 4 heterocycles. The standard InChI is InChI=1S/C38H33NO.C18H25NSi.C15H17N.Ir/c1-2-7-27(8-3-1)29-9-4-10-30(24-29)32-11-6-14-36-37(32)34-13-5-12-33(38(34)40-36)35-23-26(19-20-39-35)22-31-21-25-15-17-28(31)18-16-25;1-14(2)11-16-12-17(15-9-7-6-8-10-15)19-13-18(16)20(3,4)5;1-12(2)10-13-8-9-16-15(11-13)14-6-4-3-5-7-14;/h1-14,19-20,23-25,28,31H,15-18,21-22H2;6-10,12-14H,11H2,1-5H3;3-9,11-12H,10H2,1-2H3;. The van der Waals surface area contributed by atoms with Crippen LogP contribution in [0.4, 0.5) is 0 Å². The number of pyridine rings is 3. The molecule has 4 aromatic heterocycles. The van der Waals surface area contributed by atoms with Crippen LogP contribution in [0.5, 0.6) is 0 Å². The van der Waals surface area contributed by atoms with Gasteiger partial charge in [-0.25, -0.2) is 0 Å². The molecule has 0 aliphatic heterocycles. The van der Waals surface area contributed by atoms with Crippen LogP contribution in [-0.2, 0) is 39.4 Å². The summed E-state index contributed by atoms with van der Waals surface area (Å²) in [6.07, 6.45) is 16.6. The van der Waals surface area contributed by atoms with E-state index in [0.29, 0.717) is 11.8 Å². The van der Waals surface area contributed by atoms with E-state index in [1.165, 1.54) is 99.2 Å². The van der Waals surface area contributed by atoms with E-state index in [4.69, 9.17) is 14.4 Å². The Morgan fingerprint density at radius 2 is 1.06 bits per heavy atom. The Hall–Kier alpha value is -6.56. The number of para-hydroxylation sites is 1. The van der Waals surface area contributed by atoms with Crippen LogP contribution in [0.2, 0.25) is 19.6 Å². The molecule has 10 aromatic rings. The summed E-state index contributed by atoms with van der Waals surface area (Å²) in [6.45, 7) is 16.3. The van der Waals surface area contributed by atoms with Gasteiger partial charge in [0.1, 0.15) is 11.2 Å². The molecule has 0 amide bonds. The van der Waals surface area contributed by atoms with Crippen molar-refractivity contribution in [2.24, 2.45) is 29.6 Å². The van der Waals surface area contributed by atoms with E-state index in [1.54, 1.807) is 0 Å². The molecule has 77 heavy (non-hydrogen) atoms. The van der Waals surface area contributed by atoms with Gasteiger partial charge in [-0.1, -0.05) is 194 Å². The van der Waals surface area contributed by atoms with E-state index in [-0.39, 0.29) is 20.1 Å². The van der Waals surface area contributed by atoms with Gasteiger partial charge in [0, 0.05) is 66.2 Å². The van der Waals surface area contributed by atoms with Crippen LogP contribution < -0.4 is 5.19 Å². The third-order valence-electron chi connectivity index (χ3n) is 15.6. The van der Waals surface area contributed by atoms with Crippen molar-refractivity contribution in [1.29, 1.82) is 0 Å². The van der Waals surface area contributed by atoms with Gasteiger partial charge < -0.3 is 4.42 Å². The van der Waals surface area contributed by atoms with Gasteiger partial charge in [0.05, 0.1) is 25.2 Å². The monoisotopic (exact) mass is 1210 g/mol. The number of benzene rings is 6. The number of hydrogen-bond donors (Lipinski definition) is 0. The third kappa shape index (κ3) is 13.6. The fraction of sp³-hybridized carbons (Fsp3) is 0.282. The molecule has 4 nitrogen and oxygen atoms in total. The number of aromatic nitrogens is 3. The zero-order chi connectivity index (χ0) is 52.6. The minimum atomic E-state index is -1.33.